The Morgan fingerprint density at radius 2 is 1.71 bits per heavy atom. The summed E-state index contributed by atoms with van der Waals surface area (Å²) in [5.74, 6) is 1.46. The Kier molecular flexibility index (Phi) is 11.6. The van der Waals surface area contributed by atoms with Gasteiger partial charge in [0.05, 0.1) is 44.8 Å². The van der Waals surface area contributed by atoms with Crippen LogP contribution in [0.15, 0.2) is 52.8 Å². The zero-order valence-corrected chi connectivity index (χ0v) is 24.0. The normalized spacial score (nSPS) is 15.6. The van der Waals surface area contributed by atoms with Gasteiger partial charge in [-0.2, -0.15) is 5.10 Å². The first-order valence-corrected chi connectivity index (χ1v) is 13.4. The standard InChI is InChI=1S/C29H38N4O8/c1-6-13-40-21-11-9-19(14-23(21)38-7-2)16-30-33-25(34)17-41-22-12-10-20(15-24(22)39-8-3)27-26(28(35)37-5)18(4)31-29(36)32-27/h9-12,14-16,25,27,33-34H,6-8,13,17H2,1-5H3,(H2,31,32,36)/b30-16-/t25-,27-/m1/s1. The lowest BCUT2D eigenvalue weighted by Gasteiger charge is -2.28. The van der Waals surface area contributed by atoms with Gasteiger partial charge in [-0.3, -0.25) is 5.43 Å². The number of allylic oxidation sites excluding steroid dienone is 1. The molecule has 0 aliphatic carbocycles. The van der Waals surface area contributed by atoms with Gasteiger partial charge in [0.1, 0.15) is 6.61 Å². The van der Waals surface area contributed by atoms with E-state index in [9.17, 15) is 14.7 Å². The number of carbonyl (C=O) groups is 2. The summed E-state index contributed by atoms with van der Waals surface area (Å²) in [6.07, 6.45) is 1.31. The smallest absolute Gasteiger partial charge is 0.337 e. The number of esters is 1. The highest BCUT2D eigenvalue weighted by Gasteiger charge is 2.32. The van der Waals surface area contributed by atoms with Gasteiger partial charge in [0.15, 0.2) is 29.2 Å². The van der Waals surface area contributed by atoms with Crippen LogP contribution in [0.2, 0.25) is 0 Å². The Bertz CT molecular complexity index is 1260. The van der Waals surface area contributed by atoms with Crippen molar-refractivity contribution >= 4 is 18.2 Å². The van der Waals surface area contributed by atoms with Crippen molar-refractivity contribution in [2.75, 3.05) is 33.5 Å². The van der Waals surface area contributed by atoms with Crippen LogP contribution in [0.25, 0.3) is 0 Å². The van der Waals surface area contributed by atoms with E-state index in [-0.39, 0.29) is 12.2 Å². The summed E-state index contributed by atoms with van der Waals surface area (Å²) in [5.41, 5.74) is 4.65. The molecule has 2 amide bonds. The van der Waals surface area contributed by atoms with E-state index >= 15 is 0 Å². The lowest BCUT2D eigenvalue weighted by molar-refractivity contribution is -0.136. The largest absolute Gasteiger partial charge is 0.490 e. The molecule has 0 saturated heterocycles. The van der Waals surface area contributed by atoms with Gasteiger partial charge < -0.3 is 39.4 Å². The Morgan fingerprint density at radius 3 is 2.39 bits per heavy atom. The van der Waals surface area contributed by atoms with Crippen molar-refractivity contribution < 1.29 is 38.4 Å². The average molecular weight is 571 g/mol. The fourth-order valence-corrected chi connectivity index (χ4v) is 4.02. The van der Waals surface area contributed by atoms with Crippen molar-refractivity contribution in [2.45, 2.75) is 46.4 Å². The predicted octanol–water partition coefficient (Wildman–Crippen LogP) is 3.39. The molecular weight excluding hydrogens is 532 g/mol. The van der Waals surface area contributed by atoms with Crippen LogP contribution in [0.4, 0.5) is 4.79 Å². The number of nitrogens with one attached hydrogen (secondary N) is 3. The summed E-state index contributed by atoms with van der Waals surface area (Å²) >= 11 is 0. The number of hydrazone groups is 1. The summed E-state index contributed by atoms with van der Waals surface area (Å²) in [6, 6.07) is 9.30. The van der Waals surface area contributed by atoms with E-state index in [1.165, 1.54) is 7.11 Å². The Balaban J connectivity index is 1.67. The third kappa shape index (κ3) is 8.52. The quantitative estimate of drug-likeness (QED) is 0.109. The van der Waals surface area contributed by atoms with Crippen molar-refractivity contribution in [2.24, 2.45) is 5.10 Å². The van der Waals surface area contributed by atoms with Gasteiger partial charge >= 0.3 is 12.0 Å². The number of urea groups is 1. The molecule has 0 aromatic heterocycles. The molecule has 4 N–H and O–H groups in total. The van der Waals surface area contributed by atoms with Gasteiger partial charge in [-0.1, -0.05) is 13.0 Å². The molecule has 12 nitrogen and oxygen atoms in total. The van der Waals surface area contributed by atoms with E-state index in [4.69, 9.17) is 23.7 Å². The van der Waals surface area contributed by atoms with Gasteiger partial charge in [0.25, 0.3) is 0 Å². The van der Waals surface area contributed by atoms with Crippen LogP contribution in [-0.2, 0) is 9.53 Å². The lowest BCUT2D eigenvalue weighted by atomic mass is 9.95. The first-order valence-electron chi connectivity index (χ1n) is 13.4. The first-order chi connectivity index (χ1) is 19.8. The molecule has 0 saturated carbocycles. The van der Waals surface area contributed by atoms with Gasteiger partial charge in [-0.15, -0.1) is 0 Å². The predicted molar refractivity (Wildman–Crippen MR) is 152 cm³/mol. The van der Waals surface area contributed by atoms with Crippen LogP contribution in [0.5, 0.6) is 23.0 Å². The molecular formula is C29H38N4O8. The van der Waals surface area contributed by atoms with Crippen LogP contribution >= 0.6 is 0 Å². The molecule has 3 rings (SSSR count). The van der Waals surface area contributed by atoms with Crippen LogP contribution in [0.3, 0.4) is 0 Å². The number of ether oxygens (including phenoxy) is 5. The average Bonchev–Trinajstić information content (AvgIpc) is 2.95. The van der Waals surface area contributed by atoms with E-state index < -0.39 is 24.3 Å². The minimum atomic E-state index is -1.13. The van der Waals surface area contributed by atoms with E-state index in [1.807, 2.05) is 39.0 Å². The number of hydrogen-bond donors (Lipinski definition) is 4. The van der Waals surface area contributed by atoms with Crippen LogP contribution < -0.4 is 35.0 Å². The highest BCUT2D eigenvalue weighted by atomic mass is 16.5. The second kappa shape index (κ2) is 15.4. The molecule has 0 spiro atoms. The number of carbonyl (C=O) groups excluding carboxylic acids is 2. The van der Waals surface area contributed by atoms with E-state index in [0.29, 0.717) is 54.1 Å². The monoisotopic (exact) mass is 570 g/mol. The maximum Gasteiger partial charge on any atom is 0.337 e. The third-order valence-electron chi connectivity index (χ3n) is 5.84. The number of benzene rings is 2. The molecule has 2 aromatic carbocycles. The fraction of sp³-hybridized carbons (Fsp3) is 0.414. The Hall–Kier alpha value is -4.45. The Labute approximate surface area is 239 Å². The molecule has 0 bridgehead atoms. The molecule has 2 atom stereocenters. The van der Waals surface area contributed by atoms with Gasteiger partial charge in [-0.05, 0) is 68.7 Å². The van der Waals surface area contributed by atoms with Gasteiger partial charge in [-0.25, -0.2) is 9.59 Å². The fourth-order valence-electron chi connectivity index (χ4n) is 4.02. The van der Waals surface area contributed by atoms with E-state index in [0.717, 1.165) is 12.0 Å². The van der Waals surface area contributed by atoms with Crippen LogP contribution in [0, 0.1) is 0 Å². The molecule has 1 heterocycles. The Morgan fingerprint density at radius 1 is 1.02 bits per heavy atom. The second-order valence-corrected chi connectivity index (χ2v) is 8.90. The van der Waals surface area contributed by atoms with Crippen molar-refractivity contribution in [1.82, 2.24) is 16.1 Å². The molecule has 1 aliphatic rings. The number of hydrogen-bond acceptors (Lipinski definition) is 10. The maximum absolute atomic E-state index is 12.4. The molecule has 1 aliphatic heterocycles. The summed E-state index contributed by atoms with van der Waals surface area (Å²) in [4.78, 5) is 24.5. The number of rotatable bonds is 15. The van der Waals surface area contributed by atoms with Crippen molar-refractivity contribution in [3.63, 3.8) is 0 Å². The first kappa shape index (κ1) is 31.1. The molecule has 2 aromatic rings. The zero-order valence-electron chi connectivity index (χ0n) is 24.0. The molecule has 222 valence electrons. The van der Waals surface area contributed by atoms with E-state index in [1.54, 1.807) is 31.3 Å². The number of nitrogens with zero attached hydrogens (tertiary/aromatic N) is 1. The molecule has 0 unspecified atom stereocenters. The summed E-state index contributed by atoms with van der Waals surface area (Å²) in [6.45, 7) is 8.67. The van der Waals surface area contributed by atoms with Crippen molar-refractivity contribution in [1.29, 1.82) is 0 Å². The van der Waals surface area contributed by atoms with Crippen LogP contribution in [-0.4, -0.2) is 63.1 Å². The third-order valence-corrected chi connectivity index (χ3v) is 5.84. The number of amides is 2. The molecule has 0 fully saturated rings. The second-order valence-electron chi connectivity index (χ2n) is 8.90. The molecule has 41 heavy (non-hydrogen) atoms. The maximum atomic E-state index is 12.4. The summed E-state index contributed by atoms with van der Waals surface area (Å²) in [7, 11) is 1.28. The minimum Gasteiger partial charge on any atom is -0.490 e. The molecule has 12 heteroatoms. The van der Waals surface area contributed by atoms with Crippen molar-refractivity contribution in [3.8, 4) is 23.0 Å². The van der Waals surface area contributed by atoms with Crippen LogP contribution in [0.1, 0.15) is 51.3 Å². The topological polar surface area (TPSA) is 149 Å². The molecule has 0 radical (unpaired) electrons. The zero-order chi connectivity index (χ0) is 29.8. The minimum absolute atomic E-state index is 0.138. The summed E-state index contributed by atoms with van der Waals surface area (Å²) < 4.78 is 27.8. The highest BCUT2D eigenvalue weighted by molar-refractivity contribution is 5.95. The van der Waals surface area contributed by atoms with Crippen molar-refractivity contribution in [3.05, 3.63) is 58.8 Å². The summed E-state index contributed by atoms with van der Waals surface area (Å²) in [5, 5.41) is 19.8. The van der Waals surface area contributed by atoms with Gasteiger partial charge in [0, 0.05) is 5.70 Å². The lowest BCUT2D eigenvalue weighted by Crippen LogP contribution is -2.45. The SMILES string of the molecule is CCCOc1ccc(/C=N\N[C@H](O)COc2ccc([C@H]3NC(=O)NC(C)=C3C(=O)OC)cc2OCC)cc1OCC. The number of aliphatic hydroxyl groups excluding tert-OH is 1. The number of aliphatic hydroxyl groups is 1. The van der Waals surface area contributed by atoms with E-state index in [2.05, 4.69) is 21.2 Å². The highest BCUT2D eigenvalue weighted by Crippen LogP contribution is 2.35. The number of methoxy groups -OCH3 is 1. The van der Waals surface area contributed by atoms with Gasteiger partial charge in [0.2, 0.25) is 0 Å².